The first-order valence-electron chi connectivity index (χ1n) is 10.4. The van der Waals surface area contributed by atoms with Crippen LogP contribution in [0.25, 0.3) is 22.3 Å². The molecular weight excluding hydrogens is 413 g/mol. The average molecular weight is 433 g/mol. The Balaban J connectivity index is 1.35. The van der Waals surface area contributed by atoms with E-state index in [4.69, 9.17) is 0 Å². The van der Waals surface area contributed by atoms with Crippen molar-refractivity contribution < 1.29 is 14.6 Å². The number of nitrogens with one attached hydrogen (secondary N) is 1. The molecule has 162 valence electrons. The molecule has 2 atom stereocenters. The largest absolute Gasteiger partial charge is 0.504 e. The van der Waals surface area contributed by atoms with E-state index in [1.807, 2.05) is 16.8 Å². The number of rotatable bonds is 3. The lowest BCUT2D eigenvalue weighted by Crippen LogP contribution is -2.39. The summed E-state index contributed by atoms with van der Waals surface area (Å²) < 4.78 is 15.8. The minimum Gasteiger partial charge on any atom is -0.504 e. The van der Waals surface area contributed by atoms with E-state index in [0.29, 0.717) is 23.6 Å². The minimum atomic E-state index is -0.693. The number of aliphatic hydroxyl groups is 1. The van der Waals surface area contributed by atoms with Crippen molar-refractivity contribution >= 4 is 22.5 Å². The van der Waals surface area contributed by atoms with E-state index in [1.54, 1.807) is 18.5 Å². The Bertz CT molecular complexity index is 1340. The third-order valence-electron chi connectivity index (χ3n) is 6.26. The number of hydrogen-bond acceptors (Lipinski definition) is 8. The van der Waals surface area contributed by atoms with E-state index in [2.05, 4.69) is 30.5 Å². The van der Waals surface area contributed by atoms with Crippen LogP contribution < -0.4 is 10.2 Å². The van der Waals surface area contributed by atoms with Crippen molar-refractivity contribution in [2.75, 3.05) is 23.3 Å². The Morgan fingerprint density at radius 2 is 2.06 bits per heavy atom. The minimum absolute atomic E-state index is 0.0555. The summed E-state index contributed by atoms with van der Waals surface area (Å²) in [5.41, 5.74) is 3.13. The van der Waals surface area contributed by atoms with Gasteiger partial charge in [-0.3, -0.25) is 0 Å². The van der Waals surface area contributed by atoms with Gasteiger partial charge >= 0.3 is 0 Å². The van der Waals surface area contributed by atoms with Crippen molar-refractivity contribution in [2.45, 2.75) is 25.1 Å². The number of halogens is 1. The Morgan fingerprint density at radius 3 is 2.94 bits per heavy atom. The summed E-state index contributed by atoms with van der Waals surface area (Å²) in [5.74, 6) is -0.461. The Hall–Kier alpha value is -3.79. The monoisotopic (exact) mass is 433 g/mol. The van der Waals surface area contributed by atoms with Crippen LogP contribution in [-0.2, 0) is 6.61 Å². The summed E-state index contributed by atoms with van der Waals surface area (Å²) >= 11 is 0. The molecule has 3 N–H and O–H groups in total. The van der Waals surface area contributed by atoms with Gasteiger partial charge in [0.25, 0.3) is 0 Å². The number of pyridine rings is 1. The number of fused-ring (bicyclic) bond motifs is 4. The number of aromatic nitrogens is 5. The molecule has 0 aliphatic carbocycles. The van der Waals surface area contributed by atoms with Crippen LogP contribution in [0, 0.1) is 5.82 Å². The highest BCUT2D eigenvalue weighted by molar-refractivity contribution is 5.77. The van der Waals surface area contributed by atoms with Crippen LogP contribution in [0.15, 0.2) is 42.7 Å². The molecule has 2 aliphatic heterocycles. The number of nitrogens with zero attached hydrogens (tertiary/aromatic N) is 6. The maximum Gasteiger partial charge on any atom is 0.172 e. The first-order chi connectivity index (χ1) is 15.6. The normalized spacial score (nSPS) is 19.6. The van der Waals surface area contributed by atoms with Gasteiger partial charge in [-0.1, -0.05) is 6.07 Å². The average Bonchev–Trinajstić information content (AvgIpc) is 3.44. The van der Waals surface area contributed by atoms with Gasteiger partial charge in [0.2, 0.25) is 0 Å². The molecule has 0 bridgehead atoms. The van der Waals surface area contributed by atoms with Gasteiger partial charge in [0.1, 0.15) is 0 Å². The highest BCUT2D eigenvalue weighted by Gasteiger charge is 2.38. The number of phenols is 1. The molecule has 9 nitrogen and oxygen atoms in total. The zero-order valence-corrected chi connectivity index (χ0v) is 17.0. The SMILES string of the molecule is OCc1cnc2c(cnn2C2CC3CNc4nnc(-c5cccc(F)c5O)cc4N3C2)c1. The second kappa shape index (κ2) is 7.13. The summed E-state index contributed by atoms with van der Waals surface area (Å²) in [6.45, 7) is 1.38. The molecule has 0 saturated carbocycles. The van der Waals surface area contributed by atoms with Gasteiger partial charge in [-0.2, -0.15) is 5.10 Å². The van der Waals surface area contributed by atoms with Crippen LogP contribution in [0.1, 0.15) is 18.0 Å². The number of hydrogen-bond donors (Lipinski definition) is 3. The lowest BCUT2D eigenvalue weighted by Gasteiger charge is -2.33. The Kier molecular flexibility index (Phi) is 4.22. The maximum atomic E-state index is 13.9. The van der Waals surface area contributed by atoms with Crippen LogP contribution >= 0.6 is 0 Å². The number of aliphatic hydroxyl groups excluding tert-OH is 1. The predicted molar refractivity (Wildman–Crippen MR) is 116 cm³/mol. The molecule has 4 aromatic rings. The number of para-hydroxylation sites is 1. The smallest absolute Gasteiger partial charge is 0.172 e. The van der Waals surface area contributed by atoms with Crippen molar-refractivity contribution in [1.29, 1.82) is 0 Å². The van der Waals surface area contributed by atoms with Crippen molar-refractivity contribution in [3.8, 4) is 17.0 Å². The third kappa shape index (κ3) is 2.87. The Morgan fingerprint density at radius 1 is 1.16 bits per heavy atom. The lowest BCUT2D eigenvalue weighted by molar-refractivity contribution is 0.281. The van der Waals surface area contributed by atoms with Crippen molar-refractivity contribution in [2.24, 2.45) is 0 Å². The maximum absolute atomic E-state index is 13.9. The highest BCUT2D eigenvalue weighted by atomic mass is 19.1. The Labute approximate surface area is 182 Å². The first-order valence-corrected chi connectivity index (χ1v) is 10.4. The summed E-state index contributed by atoms with van der Waals surface area (Å²) in [7, 11) is 0. The fourth-order valence-corrected chi connectivity index (χ4v) is 4.69. The van der Waals surface area contributed by atoms with Gasteiger partial charge in [-0.05, 0) is 36.2 Å². The molecule has 1 saturated heterocycles. The van der Waals surface area contributed by atoms with Crippen molar-refractivity contribution in [1.82, 2.24) is 25.0 Å². The topological polar surface area (TPSA) is 112 Å². The summed E-state index contributed by atoms with van der Waals surface area (Å²) in [6.07, 6.45) is 4.32. The molecule has 5 heterocycles. The van der Waals surface area contributed by atoms with Crippen LogP contribution in [0.4, 0.5) is 15.9 Å². The van der Waals surface area contributed by atoms with Gasteiger partial charge in [0.05, 0.1) is 30.2 Å². The first kappa shape index (κ1) is 18.9. The quantitative estimate of drug-likeness (QED) is 0.452. The summed E-state index contributed by atoms with van der Waals surface area (Å²) in [4.78, 5) is 6.78. The van der Waals surface area contributed by atoms with E-state index >= 15 is 0 Å². The highest BCUT2D eigenvalue weighted by Crippen LogP contribution is 2.41. The second-order valence-electron chi connectivity index (χ2n) is 8.18. The molecule has 10 heteroatoms. The molecule has 2 aliphatic rings. The van der Waals surface area contributed by atoms with E-state index in [9.17, 15) is 14.6 Å². The molecule has 1 fully saturated rings. The fourth-order valence-electron chi connectivity index (χ4n) is 4.69. The molecule has 32 heavy (non-hydrogen) atoms. The van der Waals surface area contributed by atoms with Crippen molar-refractivity contribution in [3.63, 3.8) is 0 Å². The fraction of sp³-hybridized carbons (Fsp3) is 0.273. The van der Waals surface area contributed by atoms with Gasteiger partial charge in [0, 0.05) is 36.3 Å². The number of benzene rings is 1. The van der Waals surface area contributed by atoms with Crippen LogP contribution in [0.3, 0.4) is 0 Å². The second-order valence-corrected chi connectivity index (χ2v) is 8.18. The van der Waals surface area contributed by atoms with E-state index in [-0.39, 0.29) is 18.7 Å². The molecule has 0 spiro atoms. The number of phenolic OH excluding ortho intramolecular Hbond substituents is 1. The number of aromatic hydroxyl groups is 1. The van der Waals surface area contributed by atoms with E-state index < -0.39 is 11.6 Å². The molecule has 0 amide bonds. The van der Waals surface area contributed by atoms with E-state index in [1.165, 1.54) is 12.1 Å². The van der Waals surface area contributed by atoms with Crippen LogP contribution in [0.2, 0.25) is 0 Å². The predicted octanol–water partition coefficient (Wildman–Crippen LogP) is 2.47. The van der Waals surface area contributed by atoms with Crippen molar-refractivity contribution in [3.05, 3.63) is 54.1 Å². The molecular formula is C22H20FN7O2. The van der Waals surface area contributed by atoms with Gasteiger partial charge < -0.3 is 20.4 Å². The standard InChI is InChI=1S/C22H20FN7O2/c23-17-3-1-2-16(20(17)32)18-6-19-21(28-27-18)24-9-14-5-15(10-29(14)19)30-22-13(8-26-30)4-12(11-31)7-25-22/h1-4,6-8,14-15,31-32H,5,9-11H2,(H,24,28). The van der Waals surface area contributed by atoms with Gasteiger partial charge in [0.15, 0.2) is 23.0 Å². The zero-order chi connectivity index (χ0) is 21.8. The molecule has 0 radical (unpaired) electrons. The molecule has 6 rings (SSSR count). The number of anilines is 2. The molecule has 3 aromatic heterocycles. The van der Waals surface area contributed by atoms with Gasteiger partial charge in [-0.15, -0.1) is 10.2 Å². The molecule has 2 unspecified atom stereocenters. The third-order valence-corrected chi connectivity index (χ3v) is 6.26. The van der Waals surface area contributed by atoms with Gasteiger partial charge in [-0.25, -0.2) is 14.1 Å². The lowest BCUT2D eigenvalue weighted by atomic mass is 10.1. The molecule has 1 aromatic carbocycles. The van der Waals surface area contributed by atoms with Crippen LogP contribution in [-0.4, -0.2) is 54.3 Å². The zero-order valence-electron chi connectivity index (χ0n) is 17.0. The van der Waals surface area contributed by atoms with E-state index in [0.717, 1.165) is 35.2 Å². The summed E-state index contributed by atoms with van der Waals surface area (Å²) in [5, 5.41) is 36.8. The summed E-state index contributed by atoms with van der Waals surface area (Å²) in [6, 6.07) is 8.44. The van der Waals surface area contributed by atoms with Crippen LogP contribution in [0.5, 0.6) is 5.75 Å².